The van der Waals surface area contributed by atoms with Crippen LogP contribution in [0.4, 0.5) is 0 Å². The van der Waals surface area contributed by atoms with E-state index in [1.807, 2.05) is 41.2 Å². The van der Waals surface area contributed by atoms with Crippen LogP contribution in [-0.2, 0) is 0 Å². The molecule has 4 aromatic carbocycles. The summed E-state index contributed by atoms with van der Waals surface area (Å²) >= 11 is 0. The first-order chi connectivity index (χ1) is 25.7. The van der Waals surface area contributed by atoms with E-state index < -0.39 is 0 Å². The van der Waals surface area contributed by atoms with Crippen molar-refractivity contribution in [1.29, 1.82) is 0 Å². The Bertz CT molecular complexity index is 2450. The van der Waals surface area contributed by atoms with E-state index >= 15 is 0 Å². The maximum Gasteiger partial charge on any atom is 0.237 e. The van der Waals surface area contributed by atoms with E-state index in [4.69, 9.17) is 9.47 Å². The Kier molecular flexibility index (Phi) is 8.88. The van der Waals surface area contributed by atoms with Gasteiger partial charge in [-0.05, 0) is 109 Å². The van der Waals surface area contributed by atoms with Crippen LogP contribution in [0.15, 0.2) is 122 Å². The van der Waals surface area contributed by atoms with Crippen LogP contribution in [0.1, 0.15) is 61.8 Å². The molecule has 0 atom stereocenters. The lowest BCUT2D eigenvalue weighted by molar-refractivity contribution is 0.474. The quantitative estimate of drug-likeness (QED) is 0.148. The molecule has 0 bridgehead atoms. The van der Waals surface area contributed by atoms with Crippen LogP contribution in [0.5, 0.6) is 23.0 Å². The number of ether oxygens (including phenoxy) is 2. The minimum absolute atomic E-state index is 0.258. The van der Waals surface area contributed by atoms with Crippen molar-refractivity contribution in [3.05, 3.63) is 144 Å². The Balaban J connectivity index is 1.23. The maximum atomic E-state index is 6.73. The average Bonchev–Trinajstić information content (AvgIpc) is 3.47. The van der Waals surface area contributed by atoms with Crippen LogP contribution in [0.2, 0.25) is 0 Å². The molecule has 0 spiro atoms. The number of nitrogens with zero attached hydrogens (tertiary/aromatic N) is 6. The topological polar surface area (TPSA) is 87.8 Å². The molecule has 53 heavy (non-hydrogen) atoms. The summed E-state index contributed by atoms with van der Waals surface area (Å²) < 4.78 is 15.5. The van der Waals surface area contributed by atoms with E-state index in [1.54, 1.807) is 0 Å². The van der Waals surface area contributed by atoms with Crippen LogP contribution < -0.4 is 9.47 Å². The number of hydrogen-bond acceptors (Lipinski definition) is 7. The van der Waals surface area contributed by atoms with Crippen molar-refractivity contribution in [2.45, 2.75) is 53.4 Å². The van der Waals surface area contributed by atoms with Crippen molar-refractivity contribution in [1.82, 2.24) is 29.5 Å². The van der Waals surface area contributed by atoms with Gasteiger partial charge in [0.05, 0.1) is 22.4 Å². The molecular weight excluding hydrogens is 657 g/mol. The van der Waals surface area contributed by atoms with Gasteiger partial charge in [0.2, 0.25) is 5.95 Å². The van der Waals surface area contributed by atoms with Gasteiger partial charge in [-0.2, -0.15) is 0 Å². The number of hydrogen-bond donors (Lipinski definition) is 0. The molecule has 8 heteroatoms. The molecule has 0 unspecified atom stereocenters. The number of benzene rings is 4. The van der Waals surface area contributed by atoms with E-state index in [0.29, 0.717) is 17.4 Å². The largest absolute Gasteiger partial charge is 0.457 e. The van der Waals surface area contributed by atoms with Crippen molar-refractivity contribution in [3.8, 4) is 51.5 Å². The first-order valence-electron chi connectivity index (χ1n) is 17.9. The molecule has 262 valence electrons. The Morgan fingerprint density at radius 3 is 1.42 bits per heavy atom. The Labute approximate surface area is 309 Å². The predicted molar refractivity (Wildman–Crippen MR) is 211 cm³/mol. The fourth-order valence-corrected chi connectivity index (χ4v) is 6.83. The minimum Gasteiger partial charge on any atom is -0.457 e. The maximum absolute atomic E-state index is 6.73. The predicted octanol–water partition coefficient (Wildman–Crippen LogP) is 11.5. The lowest BCUT2D eigenvalue weighted by Gasteiger charge is -2.16. The van der Waals surface area contributed by atoms with Gasteiger partial charge in [-0.25, -0.2) is 15.0 Å². The highest BCUT2D eigenvalue weighted by Crippen LogP contribution is 2.40. The Morgan fingerprint density at radius 2 is 0.981 bits per heavy atom. The normalized spacial score (nSPS) is 11.5. The van der Waals surface area contributed by atoms with E-state index in [0.717, 1.165) is 78.1 Å². The molecule has 0 saturated heterocycles. The van der Waals surface area contributed by atoms with Crippen LogP contribution in [0.25, 0.3) is 50.3 Å². The molecule has 0 aliphatic carbocycles. The summed E-state index contributed by atoms with van der Waals surface area (Å²) in [6.45, 7) is 12.8. The second kappa shape index (κ2) is 14.0. The second-order valence-corrected chi connectivity index (χ2v) is 14.1. The second-order valence-electron chi connectivity index (χ2n) is 14.1. The highest BCUT2D eigenvalue weighted by molar-refractivity contribution is 6.09. The third kappa shape index (κ3) is 6.71. The lowest BCUT2D eigenvalue weighted by atomic mass is 9.98. The van der Waals surface area contributed by atoms with Crippen LogP contribution in [-0.4, -0.2) is 29.5 Å². The summed E-state index contributed by atoms with van der Waals surface area (Å²) in [4.78, 5) is 22.5. The van der Waals surface area contributed by atoms with Crippen LogP contribution in [0, 0.1) is 13.8 Å². The molecule has 4 aromatic heterocycles. The van der Waals surface area contributed by atoms with Crippen LogP contribution >= 0.6 is 0 Å². The summed E-state index contributed by atoms with van der Waals surface area (Å²) in [5.74, 6) is 4.00. The zero-order valence-electron chi connectivity index (χ0n) is 30.7. The summed E-state index contributed by atoms with van der Waals surface area (Å²) in [5.41, 5.74) is 10.2. The van der Waals surface area contributed by atoms with Gasteiger partial charge < -0.3 is 9.47 Å². The fourth-order valence-electron chi connectivity index (χ4n) is 6.83. The zero-order valence-corrected chi connectivity index (χ0v) is 30.7. The Morgan fingerprint density at radius 1 is 0.509 bits per heavy atom. The SMILES string of the molecule is Cc1ccnc(-c2ccc(C(C)C)c(Oc3ccc4c5ccc(Oc6cc(-c7cc(C)ccn7)ccc6C(C)C)cc5n(-c5ncncn5)c4c3)c2)c1. The molecule has 0 aliphatic heterocycles. The molecule has 8 aromatic rings. The van der Waals surface area contributed by atoms with Crippen molar-refractivity contribution < 1.29 is 9.47 Å². The van der Waals surface area contributed by atoms with Gasteiger partial charge in [-0.15, -0.1) is 0 Å². The van der Waals surface area contributed by atoms with E-state index in [2.05, 4.69) is 139 Å². The van der Waals surface area contributed by atoms with Gasteiger partial charge in [0.1, 0.15) is 35.7 Å². The summed E-state index contributed by atoms with van der Waals surface area (Å²) in [6.07, 6.45) is 6.71. The van der Waals surface area contributed by atoms with Gasteiger partial charge in [0.15, 0.2) is 0 Å². The number of aromatic nitrogens is 6. The first-order valence-corrected chi connectivity index (χ1v) is 17.9. The summed E-state index contributed by atoms with van der Waals surface area (Å²) in [6, 6.07) is 33.2. The molecule has 8 rings (SSSR count). The third-order valence-corrected chi connectivity index (χ3v) is 9.54. The van der Waals surface area contributed by atoms with E-state index in [1.165, 1.54) is 12.7 Å². The van der Waals surface area contributed by atoms with Gasteiger partial charge in [0.25, 0.3) is 0 Å². The molecule has 8 nitrogen and oxygen atoms in total. The van der Waals surface area contributed by atoms with Gasteiger partial charge >= 0.3 is 0 Å². The molecule has 0 N–H and O–H groups in total. The number of rotatable bonds is 9. The van der Waals surface area contributed by atoms with Gasteiger partial charge in [-0.3, -0.25) is 14.5 Å². The molecule has 4 heterocycles. The third-order valence-electron chi connectivity index (χ3n) is 9.54. The monoisotopic (exact) mass is 696 g/mol. The zero-order chi connectivity index (χ0) is 36.6. The van der Waals surface area contributed by atoms with E-state index in [9.17, 15) is 0 Å². The van der Waals surface area contributed by atoms with Crippen molar-refractivity contribution in [2.75, 3.05) is 0 Å². The van der Waals surface area contributed by atoms with Crippen molar-refractivity contribution in [2.24, 2.45) is 0 Å². The number of pyridine rings is 2. The number of aryl methyl sites for hydroxylation is 2. The Hall–Kier alpha value is -6.41. The smallest absolute Gasteiger partial charge is 0.237 e. The first kappa shape index (κ1) is 33.7. The molecular formula is C45H40N6O2. The highest BCUT2D eigenvalue weighted by Gasteiger charge is 2.19. The van der Waals surface area contributed by atoms with Crippen molar-refractivity contribution in [3.63, 3.8) is 0 Å². The van der Waals surface area contributed by atoms with Gasteiger partial charge in [-0.1, -0.05) is 52.0 Å². The summed E-state index contributed by atoms with van der Waals surface area (Å²) in [7, 11) is 0. The molecule has 0 fully saturated rings. The highest BCUT2D eigenvalue weighted by atomic mass is 16.5. The van der Waals surface area contributed by atoms with Crippen LogP contribution in [0.3, 0.4) is 0 Å². The molecule has 0 amide bonds. The minimum atomic E-state index is 0.258. The van der Waals surface area contributed by atoms with Crippen molar-refractivity contribution >= 4 is 21.8 Å². The average molecular weight is 697 g/mol. The summed E-state index contributed by atoms with van der Waals surface area (Å²) in [5, 5.41) is 2.08. The number of fused-ring (bicyclic) bond motifs is 3. The molecule has 0 aliphatic rings. The fraction of sp³-hybridized carbons (Fsp3) is 0.178. The molecule has 0 radical (unpaired) electrons. The molecule has 0 saturated carbocycles. The van der Waals surface area contributed by atoms with E-state index in [-0.39, 0.29) is 11.8 Å². The lowest BCUT2D eigenvalue weighted by Crippen LogP contribution is -2.01. The van der Waals surface area contributed by atoms with Gasteiger partial charge in [0, 0.05) is 46.4 Å². The standard InChI is InChI=1S/C45H40N6O2/c1-27(2)35-11-7-31(39-19-29(5)15-17-47-39)21-43(35)52-33-9-13-37-38-14-10-34(24-42(38)51(41(37)23-33)45-49-25-46-26-50-45)53-44-22-32(8-12-36(44)28(3)4)40-20-30(6)16-18-48-40/h7-28H,1-6H3.